The molecule has 0 radical (unpaired) electrons. The van der Waals surface area contributed by atoms with Gasteiger partial charge >= 0.3 is 0 Å². The van der Waals surface area contributed by atoms with Crippen LogP contribution in [0.2, 0.25) is 0 Å². The van der Waals surface area contributed by atoms with E-state index in [2.05, 4.69) is 44.3 Å². The molecule has 1 nitrogen and oxygen atoms in total. The van der Waals surface area contributed by atoms with Gasteiger partial charge in [-0.1, -0.05) is 37.3 Å². The van der Waals surface area contributed by atoms with E-state index in [4.69, 9.17) is 0 Å². The standard InChI is InChI=1S/C18H22FN/c1-5-20-18(15-10-9-13(3)17(19)11-15)16-8-6-7-12(2)14(16)4/h6-11,18,20H,5H2,1-4H3. The summed E-state index contributed by atoms with van der Waals surface area (Å²) in [6.45, 7) is 8.94. The molecule has 1 N–H and O–H groups in total. The Labute approximate surface area is 120 Å². The number of hydrogen-bond donors (Lipinski definition) is 1. The van der Waals surface area contributed by atoms with Crippen LogP contribution in [0.15, 0.2) is 36.4 Å². The van der Waals surface area contributed by atoms with E-state index < -0.39 is 0 Å². The number of hydrogen-bond acceptors (Lipinski definition) is 1. The number of rotatable bonds is 4. The molecule has 1 unspecified atom stereocenters. The maximum absolute atomic E-state index is 13.8. The highest BCUT2D eigenvalue weighted by molar-refractivity contribution is 5.41. The van der Waals surface area contributed by atoms with E-state index in [1.165, 1.54) is 16.7 Å². The molecule has 20 heavy (non-hydrogen) atoms. The average Bonchev–Trinajstić information content (AvgIpc) is 2.43. The summed E-state index contributed by atoms with van der Waals surface area (Å²) in [5, 5.41) is 3.46. The highest BCUT2D eigenvalue weighted by Gasteiger charge is 2.16. The lowest BCUT2D eigenvalue weighted by Gasteiger charge is -2.22. The summed E-state index contributed by atoms with van der Waals surface area (Å²) in [5.74, 6) is -0.143. The predicted octanol–water partition coefficient (Wildman–Crippen LogP) is 4.45. The average molecular weight is 271 g/mol. The van der Waals surface area contributed by atoms with Gasteiger partial charge in [-0.05, 0) is 61.2 Å². The zero-order valence-electron chi connectivity index (χ0n) is 12.6. The van der Waals surface area contributed by atoms with Gasteiger partial charge in [-0.3, -0.25) is 0 Å². The second-order valence-electron chi connectivity index (χ2n) is 5.29. The van der Waals surface area contributed by atoms with Gasteiger partial charge in [0.2, 0.25) is 0 Å². The van der Waals surface area contributed by atoms with Crippen LogP contribution in [-0.2, 0) is 0 Å². The highest BCUT2D eigenvalue weighted by atomic mass is 19.1. The summed E-state index contributed by atoms with van der Waals surface area (Å²) < 4.78 is 13.8. The first kappa shape index (κ1) is 14.7. The fourth-order valence-electron chi connectivity index (χ4n) is 2.49. The molecule has 0 spiro atoms. The van der Waals surface area contributed by atoms with Crippen LogP contribution in [0.1, 0.15) is 40.8 Å². The monoisotopic (exact) mass is 271 g/mol. The van der Waals surface area contributed by atoms with Crippen molar-refractivity contribution in [1.82, 2.24) is 5.32 Å². The summed E-state index contributed by atoms with van der Waals surface area (Å²) in [5.41, 5.74) is 5.40. The molecule has 2 aromatic rings. The molecular formula is C18H22FN. The van der Waals surface area contributed by atoms with Gasteiger partial charge < -0.3 is 5.32 Å². The van der Waals surface area contributed by atoms with E-state index >= 15 is 0 Å². The van der Waals surface area contributed by atoms with Gasteiger partial charge in [-0.15, -0.1) is 0 Å². The maximum atomic E-state index is 13.8. The molecule has 0 aliphatic rings. The maximum Gasteiger partial charge on any atom is 0.126 e. The first-order chi connectivity index (χ1) is 9.54. The summed E-state index contributed by atoms with van der Waals surface area (Å²) >= 11 is 0. The molecule has 0 saturated carbocycles. The number of aryl methyl sites for hydroxylation is 2. The van der Waals surface area contributed by atoms with Gasteiger partial charge in [0.05, 0.1) is 6.04 Å². The molecule has 2 heteroatoms. The van der Waals surface area contributed by atoms with Gasteiger partial charge in [0.1, 0.15) is 5.82 Å². The van der Waals surface area contributed by atoms with E-state index in [0.717, 1.165) is 12.1 Å². The molecule has 2 rings (SSSR count). The minimum Gasteiger partial charge on any atom is -0.307 e. The lowest BCUT2D eigenvalue weighted by molar-refractivity contribution is 0.596. The summed E-state index contributed by atoms with van der Waals surface area (Å²) in [7, 11) is 0. The Morgan fingerprint density at radius 3 is 2.45 bits per heavy atom. The molecule has 1 atom stereocenters. The Bertz CT molecular complexity index is 604. The second-order valence-corrected chi connectivity index (χ2v) is 5.29. The van der Waals surface area contributed by atoms with Gasteiger partial charge in [0.25, 0.3) is 0 Å². The Kier molecular flexibility index (Phi) is 4.56. The molecule has 0 aliphatic heterocycles. The first-order valence-electron chi connectivity index (χ1n) is 7.10. The molecular weight excluding hydrogens is 249 g/mol. The number of nitrogens with one attached hydrogen (secondary N) is 1. The number of benzene rings is 2. The van der Waals surface area contributed by atoms with Crippen molar-refractivity contribution >= 4 is 0 Å². The molecule has 0 aliphatic carbocycles. The number of halogens is 1. The summed E-state index contributed by atoms with van der Waals surface area (Å²) in [6.07, 6.45) is 0. The normalized spacial score (nSPS) is 12.4. The Morgan fingerprint density at radius 1 is 1.05 bits per heavy atom. The van der Waals surface area contributed by atoms with E-state index in [1.807, 2.05) is 12.1 Å². The molecule has 0 heterocycles. The third-order valence-corrected chi connectivity index (χ3v) is 3.90. The summed E-state index contributed by atoms with van der Waals surface area (Å²) in [4.78, 5) is 0. The third-order valence-electron chi connectivity index (χ3n) is 3.90. The van der Waals surface area contributed by atoms with Crippen LogP contribution >= 0.6 is 0 Å². The fraction of sp³-hybridized carbons (Fsp3) is 0.333. The molecule has 0 amide bonds. The quantitative estimate of drug-likeness (QED) is 0.866. The SMILES string of the molecule is CCNC(c1ccc(C)c(F)c1)c1cccc(C)c1C. The molecule has 0 bridgehead atoms. The lowest BCUT2D eigenvalue weighted by Crippen LogP contribution is -2.23. The summed E-state index contributed by atoms with van der Waals surface area (Å²) in [6, 6.07) is 11.8. The van der Waals surface area contributed by atoms with Crippen molar-refractivity contribution in [1.29, 1.82) is 0 Å². The Hall–Kier alpha value is -1.67. The molecule has 0 saturated heterocycles. The van der Waals surface area contributed by atoms with Crippen molar-refractivity contribution in [3.05, 3.63) is 70.0 Å². The first-order valence-corrected chi connectivity index (χ1v) is 7.10. The van der Waals surface area contributed by atoms with E-state index in [1.54, 1.807) is 13.0 Å². The zero-order valence-corrected chi connectivity index (χ0v) is 12.6. The molecule has 0 fully saturated rings. The van der Waals surface area contributed by atoms with Gasteiger partial charge in [0, 0.05) is 0 Å². The predicted molar refractivity (Wildman–Crippen MR) is 82.6 cm³/mol. The highest BCUT2D eigenvalue weighted by Crippen LogP contribution is 2.27. The smallest absolute Gasteiger partial charge is 0.126 e. The minimum atomic E-state index is -0.143. The minimum absolute atomic E-state index is 0.0370. The van der Waals surface area contributed by atoms with Crippen molar-refractivity contribution in [2.75, 3.05) is 6.54 Å². The van der Waals surface area contributed by atoms with E-state index in [9.17, 15) is 4.39 Å². The van der Waals surface area contributed by atoms with Crippen LogP contribution in [0.25, 0.3) is 0 Å². The second kappa shape index (κ2) is 6.19. The van der Waals surface area contributed by atoms with Crippen LogP contribution < -0.4 is 5.32 Å². The van der Waals surface area contributed by atoms with Crippen LogP contribution in [0.4, 0.5) is 4.39 Å². The van der Waals surface area contributed by atoms with E-state index in [0.29, 0.717) is 5.56 Å². The molecule has 106 valence electrons. The van der Waals surface area contributed by atoms with Crippen molar-refractivity contribution in [2.24, 2.45) is 0 Å². The zero-order chi connectivity index (χ0) is 14.7. The fourth-order valence-corrected chi connectivity index (χ4v) is 2.49. The van der Waals surface area contributed by atoms with Crippen molar-refractivity contribution in [3.8, 4) is 0 Å². The van der Waals surface area contributed by atoms with Crippen molar-refractivity contribution in [3.63, 3.8) is 0 Å². The largest absolute Gasteiger partial charge is 0.307 e. The van der Waals surface area contributed by atoms with Crippen LogP contribution in [0.3, 0.4) is 0 Å². The van der Waals surface area contributed by atoms with Crippen molar-refractivity contribution < 1.29 is 4.39 Å². The lowest BCUT2D eigenvalue weighted by atomic mass is 9.92. The van der Waals surface area contributed by atoms with Crippen LogP contribution in [0.5, 0.6) is 0 Å². The van der Waals surface area contributed by atoms with Gasteiger partial charge in [-0.25, -0.2) is 4.39 Å². The Morgan fingerprint density at radius 2 is 1.80 bits per heavy atom. The topological polar surface area (TPSA) is 12.0 Å². The third kappa shape index (κ3) is 2.91. The molecule has 2 aromatic carbocycles. The van der Waals surface area contributed by atoms with Gasteiger partial charge in [-0.2, -0.15) is 0 Å². The molecule has 0 aromatic heterocycles. The Balaban J connectivity index is 2.50. The van der Waals surface area contributed by atoms with Crippen molar-refractivity contribution in [2.45, 2.75) is 33.7 Å². The van der Waals surface area contributed by atoms with Crippen LogP contribution in [-0.4, -0.2) is 6.54 Å². The van der Waals surface area contributed by atoms with Gasteiger partial charge in [0.15, 0.2) is 0 Å². The van der Waals surface area contributed by atoms with E-state index in [-0.39, 0.29) is 11.9 Å². The van der Waals surface area contributed by atoms with Crippen LogP contribution in [0, 0.1) is 26.6 Å².